The number of hydrogen-bond acceptors (Lipinski definition) is 3. The molecule has 0 aliphatic rings. The van der Waals surface area contributed by atoms with Crippen molar-refractivity contribution in [2.75, 3.05) is 28.6 Å². The molecule has 0 fully saturated rings. The molecule has 2 amide bonds. The second-order valence-electron chi connectivity index (χ2n) is 5.50. The van der Waals surface area contributed by atoms with E-state index in [0.29, 0.717) is 11.4 Å². The molecule has 0 saturated heterocycles. The minimum atomic E-state index is -0.455. The highest BCUT2D eigenvalue weighted by atomic mass is 19.1. The third kappa shape index (κ3) is 5.60. The van der Waals surface area contributed by atoms with Crippen molar-refractivity contribution >= 4 is 28.9 Å². The number of hydrogen-bond donors (Lipinski definition) is 2. The molecule has 2 N–H and O–H groups in total. The number of nitrogens with zero attached hydrogens (tertiary/aromatic N) is 1. The van der Waals surface area contributed by atoms with Crippen molar-refractivity contribution < 1.29 is 14.0 Å². The maximum atomic E-state index is 12.8. The molecule has 0 heterocycles. The lowest BCUT2D eigenvalue weighted by Crippen LogP contribution is -2.22. The highest BCUT2D eigenvalue weighted by Gasteiger charge is 2.10. The first-order chi connectivity index (χ1) is 12.0. The van der Waals surface area contributed by atoms with Gasteiger partial charge in [0.05, 0.1) is 0 Å². The summed E-state index contributed by atoms with van der Waals surface area (Å²) in [6.45, 7) is 5.98. The Bertz CT molecular complexity index is 710. The highest BCUT2D eigenvalue weighted by molar-refractivity contribution is 6.08. The van der Waals surface area contributed by atoms with Crippen molar-refractivity contribution in [2.45, 2.75) is 20.3 Å². The summed E-state index contributed by atoms with van der Waals surface area (Å²) in [7, 11) is 0. The topological polar surface area (TPSA) is 61.4 Å². The first-order valence-electron chi connectivity index (χ1n) is 8.22. The van der Waals surface area contributed by atoms with E-state index in [1.807, 2.05) is 24.3 Å². The molecule has 0 atom stereocenters. The first kappa shape index (κ1) is 18.4. The molecule has 0 aliphatic carbocycles. The van der Waals surface area contributed by atoms with E-state index in [-0.39, 0.29) is 12.2 Å². The molecular formula is C19H22FN3O2. The maximum absolute atomic E-state index is 12.8. The van der Waals surface area contributed by atoms with E-state index in [2.05, 4.69) is 29.4 Å². The van der Waals surface area contributed by atoms with Gasteiger partial charge in [-0.3, -0.25) is 9.59 Å². The molecule has 2 aromatic rings. The second-order valence-corrected chi connectivity index (χ2v) is 5.50. The number of benzene rings is 2. The predicted molar refractivity (Wildman–Crippen MR) is 98.3 cm³/mol. The van der Waals surface area contributed by atoms with Crippen molar-refractivity contribution in [1.82, 2.24) is 0 Å². The minimum Gasteiger partial charge on any atom is -0.372 e. The number of carbonyl (C=O) groups excluding carboxylic acids is 2. The van der Waals surface area contributed by atoms with Gasteiger partial charge >= 0.3 is 0 Å². The van der Waals surface area contributed by atoms with Crippen LogP contribution in [0, 0.1) is 5.82 Å². The quantitative estimate of drug-likeness (QED) is 0.755. The molecule has 132 valence electrons. The predicted octanol–water partition coefficient (Wildman–Crippen LogP) is 3.64. The fourth-order valence-corrected chi connectivity index (χ4v) is 2.43. The van der Waals surface area contributed by atoms with Crippen LogP contribution in [0.15, 0.2) is 48.5 Å². The van der Waals surface area contributed by atoms with Gasteiger partial charge in [-0.25, -0.2) is 4.39 Å². The monoisotopic (exact) mass is 343 g/mol. The lowest BCUT2D eigenvalue weighted by molar-refractivity contribution is -0.123. The van der Waals surface area contributed by atoms with Crippen molar-refractivity contribution in [3.05, 3.63) is 54.3 Å². The Hall–Kier alpha value is -2.89. The Morgan fingerprint density at radius 3 is 1.72 bits per heavy atom. The van der Waals surface area contributed by atoms with Gasteiger partial charge in [0.2, 0.25) is 11.8 Å². The molecule has 6 heteroatoms. The third-order valence-electron chi connectivity index (χ3n) is 3.73. The van der Waals surface area contributed by atoms with Gasteiger partial charge in [0.25, 0.3) is 0 Å². The summed E-state index contributed by atoms with van der Waals surface area (Å²) in [6.07, 6.45) is -0.310. The van der Waals surface area contributed by atoms with Gasteiger partial charge in [-0.2, -0.15) is 0 Å². The van der Waals surface area contributed by atoms with Gasteiger partial charge in [-0.05, 0) is 62.4 Å². The van der Waals surface area contributed by atoms with Crippen LogP contribution >= 0.6 is 0 Å². The number of amides is 2. The number of halogens is 1. The zero-order valence-corrected chi connectivity index (χ0v) is 14.4. The average Bonchev–Trinajstić information content (AvgIpc) is 2.59. The Balaban J connectivity index is 1.87. The van der Waals surface area contributed by atoms with Gasteiger partial charge in [0.1, 0.15) is 12.2 Å². The molecule has 0 saturated carbocycles. The lowest BCUT2D eigenvalue weighted by Gasteiger charge is -2.21. The molecule has 0 aromatic heterocycles. The smallest absolute Gasteiger partial charge is 0.233 e. The number of rotatable bonds is 7. The van der Waals surface area contributed by atoms with E-state index in [1.54, 1.807) is 0 Å². The normalized spacial score (nSPS) is 10.2. The minimum absolute atomic E-state index is 0.310. The maximum Gasteiger partial charge on any atom is 0.233 e. The van der Waals surface area contributed by atoms with Crippen LogP contribution in [0.2, 0.25) is 0 Å². The standard InChI is InChI=1S/C19H22FN3O2/c1-3-23(4-2)17-11-9-16(10-12-17)22-19(25)13-18(24)21-15-7-5-14(20)6-8-15/h5-12H,3-4,13H2,1-2H3,(H,21,24)(H,22,25). The fourth-order valence-electron chi connectivity index (χ4n) is 2.43. The van der Waals surface area contributed by atoms with E-state index in [1.165, 1.54) is 24.3 Å². The summed E-state index contributed by atoms with van der Waals surface area (Å²) in [6, 6.07) is 12.9. The van der Waals surface area contributed by atoms with Crippen molar-refractivity contribution in [1.29, 1.82) is 0 Å². The largest absolute Gasteiger partial charge is 0.372 e. The van der Waals surface area contributed by atoms with Crippen LogP contribution in [0.1, 0.15) is 20.3 Å². The van der Waals surface area contributed by atoms with E-state index in [0.717, 1.165) is 18.8 Å². The van der Waals surface area contributed by atoms with Gasteiger partial charge in [-0.15, -0.1) is 0 Å². The summed E-state index contributed by atoms with van der Waals surface area (Å²) < 4.78 is 12.8. The number of anilines is 3. The van der Waals surface area contributed by atoms with E-state index in [9.17, 15) is 14.0 Å². The Kier molecular flexibility index (Phi) is 6.51. The zero-order chi connectivity index (χ0) is 18.2. The van der Waals surface area contributed by atoms with Gasteiger partial charge < -0.3 is 15.5 Å². The molecular weight excluding hydrogens is 321 g/mol. The summed E-state index contributed by atoms with van der Waals surface area (Å²) in [5.74, 6) is -1.25. The van der Waals surface area contributed by atoms with Crippen LogP contribution in [-0.4, -0.2) is 24.9 Å². The van der Waals surface area contributed by atoms with Crippen LogP contribution in [0.25, 0.3) is 0 Å². The van der Waals surface area contributed by atoms with E-state index in [4.69, 9.17) is 0 Å². The van der Waals surface area contributed by atoms with Gasteiger partial charge in [-0.1, -0.05) is 0 Å². The Morgan fingerprint density at radius 1 is 0.840 bits per heavy atom. The van der Waals surface area contributed by atoms with Gasteiger partial charge in [0.15, 0.2) is 0 Å². The number of nitrogens with one attached hydrogen (secondary N) is 2. The molecule has 0 bridgehead atoms. The van der Waals surface area contributed by atoms with Crippen LogP contribution in [0.4, 0.5) is 21.5 Å². The molecule has 0 unspecified atom stereocenters. The van der Waals surface area contributed by atoms with Crippen molar-refractivity contribution in [3.8, 4) is 0 Å². The number of carbonyl (C=O) groups is 2. The second kappa shape index (κ2) is 8.82. The molecule has 0 spiro atoms. The molecule has 5 nitrogen and oxygen atoms in total. The molecule has 2 rings (SSSR count). The van der Waals surface area contributed by atoms with Gasteiger partial charge in [0, 0.05) is 30.2 Å². The van der Waals surface area contributed by atoms with Crippen molar-refractivity contribution in [3.63, 3.8) is 0 Å². The fraction of sp³-hybridized carbons (Fsp3) is 0.263. The van der Waals surface area contributed by atoms with E-state index < -0.39 is 11.8 Å². The van der Waals surface area contributed by atoms with Crippen LogP contribution in [0.3, 0.4) is 0 Å². The molecule has 2 aromatic carbocycles. The first-order valence-corrected chi connectivity index (χ1v) is 8.22. The third-order valence-corrected chi connectivity index (χ3v) is 3.73. The molecule has 0 aliphatic heterocycles. The van der Waals surface area contributed by atoms with Crippen LogP contribution in [0.5, 0.6) is 0 Å². The van der Waals surface area contributed by atoms with Crippen molar-refractivity contribution in [2.24, 2.45) is 0 Å². The summed E-state index contributed by atoms with van der Waals surface area (Å²) >= 11 is 0. The molecule has 25 heavy (non-hydrogen) atoms. The lowest BCUT2D eigenvalue weighted by atomic mass is 10.2. The Labute approximate surface area is 146 Å². The average molecular weight is 343 g/mol. The highest BCUT2D eigenvalue weighted by Crippen LogP contribution is 2.18. The zero-order valence-electron chi connectivity index (χ0n) is 14.4. The summed E-state index contributed by atoms with van der Waals surface area (Å²) in [4.78, 5) is 26.0. The Morgan fingerprint density at radius 2 is 1.28 bits per heavy atom. The van der Waals surface area contributed by atoms with Crippen LogP contribution in [-0.2, 0) is 9.59 Å². The van der Waals surface area contributed by atoms with E-state index >= 15 is 0 Å². The molecule has 0 radical (unpaired) electrons. The summed E-state index contributed by atoms with van der Waals surface area (Å²) in [5.41, 5.74) is 2.16. The van der Waals surface area contributed by atoms with Crippen LogP contribution < -0.4 is 15.5 Å². The SMILES string of the molecule is CCN(CC)c1ccc(NC(=O)CC(=O)Nc2ccc(F)cc2)cc1. The summed E-state index contributed by atoms with van der Waals surface area (Å²) in [5, 5.41) is 5.24.